The fourth-order valence-corrected chi connectivity index (χ4v) is 3.54. The van der Waals surface area contributed by atoms with Gasteiger partial charge in [0.05, 0.1) is 19.1 Å². The molecule has 1 aromatic carbocycles. The molecule has 0 aromatic heterocycles. The van der Waals surface area contributed by atoms with E-state index >= 15 is 0 Å². The minimum absolute atomic E-state index is 0.0293. The molecule has 3 rings (SSSR count). The van der Waals surface area contributed by atoms with Gasteiger partial charge < -0.3 is 15.0 Å². The van der Waals surface area contributed by atoms with Gasteiger partial charge in [-0.3, -0.25) is 14.5 Å². The number of hydrogen-bond acceptors (Lipinski definition) is 4. The molecule has 1 N–H and O–H groups in total. The Morgan fingerprint density at radius 2 is 2.12 bits per heavy atom. The van der Waals surface area contributed by atoms with Crippen LogP contribution < -0.4 is 10.2 Å². The van der Waals surface area contributed by atoms with Crippen LogP contribution in [0.2, 0.25) is 5.02 Å². The summed E-state index contributed by atoms with van der Waals surface area (Å²) in [7, 11) is 0. The third kappa shape index (κ3) is 4.75. The molecule has 0 radical (unpaired) electrons. The molecule has 2 heterocycles. The predicted molar refractivity (Wildman–Crippen MR) is 102 cm³/mol. The van der Waals surface area contributed by atoms with Gasteiger partial charge in [-0.1, -0.05) is 17.7 Å². The number of amides is 2. The number of rotatable bonds is 6. The number of aryl methyl sites for hydroxylation is 1. The van der Waals surface area contributed by atoms with E-state index in [0.29, 0.717) is 18.1 Å². The first-order valence-electron chi connectivity index (χ1n) is 9.19. The van der Waals surface area contributed by atoms with E-state index < -0.39 is 0 Å². The number of carbonyl (C=O) groups excluding carboxylic acids is 2. The topological polar surface area (TPSA) is 61.9 Å². The van der Waals surface area contributed by atoms with Gasteiger partial charge in [0.2, 0.25) is 11.8 Å². The van der Waals surface area contributed by atoms with Crippen LogP contribution in [0.25, 0.3) is 0 Å². The number of halogens is 1. The highest BCUT2D eigenvalue weighted by Crippen LogP contribution is 2.28. The Labute approximate surface area is 159 Å². The van der Waals surface area contributed by atoms with E-state index in [0.717, 1.165) is 50.5 Å². The number of nitrogens with zero attached hydrogens (tertiary/aromatic N) is 2. The second-order valence-corrected chi connectivity index (χ2v) is 7.34. The molecule has 2 fully saturated rings. The SMILES string of the molecule is Cc1ccc(N2C[C@H](C(=O)NCCCN3CCOCC3)CC2=O)cc1Cl. The normalized spacial score (nSPS) is 21.2. The highest BCUT2D eigenvalue weighted by Gasteiger charge is 2.35. The first-order valence-corrected chi connectivity index (χ1v) is 9.56. The van der Waals surface area contributed by atoms with Crippen molar-refractivity contribution in [2.45, 2.75) is 19.8 Å². The van der Waals surface area contributed by atoms with Crippen molar-refractivity contribution in [3.8, 4) is 0 Å². The number of ether oxygens (including phenoxy) is 1. The van der Waals surface area contributed by atoms with Gasteiger partial charge in [0.1, 0.15) is 0 Å². The number of carbonyl (C=O) groups is 2. The minimum atomic E-state index is -0.300. The van der Waals surface area contributed by atoms with Gasteiger partial charge in [-0.15, -0.1) is 0 Å². The average molecular weight is 380 g/mol. The highest BCUT2D eigenvalue weighted by atomic mass is 35.5. The predicted octanol–water partition coefficient (Wildman–Crippen LogP) is 1.84. The smallest absolute Gasteiger partial charge is 0.227 e. The molecule has 1 atom stereocenters. The zero-order chi connectivity index (χ0) is 18.5. The van der Waals surface area contributed by atoms with Gasteiger partial charge in [-0.25, -0.2) is 0 Å². The summed E-state index contributed by atoms with van der Waals surface area (Å²) in [4.78, 5) is 28.7. The van der Waals surface area contributed by atoms with Crippen molar-refractivity contribution in [3.05, 3.63) is 28.8 Å². The summed E-state index contributed by atoms with van der Waals surface area (Å²) in [6.07, 6.45) is 1.16. The van der Waals surface area contributed by atoms with Gasteiger partial charge in [0, 0.05) is 43.3 Å². The average Bonchev–Trinajstić information content (AvgIpc) is 3.04. The van der Waals surface area contributed by atoms with Crippen molar-refractivity contribution in [2.75, 3.05) is 50.8 Å². The van der Waals surface area contributed by atoms with Crippen LogP contribution in [0.4, 0.5) is 5.69 Å². The number of benzene rings is 1. The molecule has 1 aromatic rings. The molecule has 7 heteroatoms. The largest absolute Gasteiger partial charge is 0.379 e. The second kappa shape index (κ2) is 8.84. The lowest BCUT2D eigenvalue weighted by Crippen LogP contribution is -2.39. The molecule has 2 aliphatic rings. The van der Waals surface area contributed by atoms with Gasteiger partial charge in [-0.05, 0) is 37.6 Å². The third-order valence-electron chi connectivity index (χ3n) is 5.02. The monoisotopic (exact) mass is 379 g/mol. The maximum absolute atomic E-state index is 12.4. The molecule has 0 saturated carbocycles. The molecule has 2 saturated heterocycles. The molecule has 2 amide bonds. The molecular formula is C19H26ClN3O3. The lowest BCUT2D eigenvalue weighted by atomic mass is 10.1. The Kier molecular flexibility index (Phi) is 6.51. The van der Waals surface area contributed by atoms with Gasteiger partial charge in [-0.2, -0.15) is 0 Å². The first kappa shape index (κ1) is 19.1. The van der Waals surface area contributed by atoms with Crippen molar-refractivity contribution >= 4 is 29.1 Å². The maximum Gasteiger partial charge on any atom is 0.227 e. The molecule has 26 heavy (non-hydrogen) atoms. The van der Waals surface area contributed by atoms with Gasteiger partial charge in [0.15, 0.2) is 0 Å². The van der Waals surface area contributed by atoms with Gasteiger partial charge >= 0.3 is 0 Å². The van der Waals surface area contributed by atoms with E-state index in [1.807, 2.05) is 19.1 Å². The summed E-state index contributed by atoms with van der Waals surface area (Å²) < 4.78 is 5.33. The summed E-state index contributed by atoms with van der Waals surface area (Å²) in [6, 6.07) is 5.56. The van der Waals surface area contributed by atoms with Crippen LogP contribution in [-0.2, 0) is 14.3 Å². The van der Waals surface area contributed by atoms with E-state index in [1.54, 1.807) is 11.0 Å². The summed E-state index contributed by atoms with van der Waals surface area (Å²) in [5, 5.41) is 3.61. The van der Waals surface area contributed by atoms with Crippen LogP contribution in [0, 0.1) is 12.8 Å². The lowest BCUT2D eigenvalue weighted by Gasteiger charge is -2.26. The summed E-state index contributed by atoms with van der Waals surface area (Å²) in [6.45, 7) is 7.42. The van der Waals surface area contributed by atoms with Crippen LogP contribution in [0.3, 0.4) is 0 Å². The fourth-order valence-electron chi connectivity index (χ4n) is 3.37. The highest BCUT2D eigenvalue weighted by molar-refractivity contribution is 6.31. The zero-order valence-electron chi connectivity index (χ0n) is 15.2. The summed E-state index contributed by atoms with van der Waals surface area (Å²) in [5.41, 5.74) is 1.73. The Morgan fingerprint density at radius 3 is 2.85 bits per heavy atom. The quantitative estimate of drug-likeness (QED) is 0.766. The summed E-state index contributed by atoms with van der Waals surface area (Å²) in [5.74, 6) is -0.370. The molecule has 0 bridgehead atoms. The Bertz CT molecular complexity index is 661. The number of nitrogens with one attached hydrogen (secondary N) is 1. The van der Waals surface area contributed by atoms with Crippen molar-refractivity contribution in [1.82, 2.24) is 10.2 Å². The molecule has 0 aliphatic carbocycles. The van der Waals surface area contributed by atoms with Crippen LogP contribution in [0.5, 0.6) is 0 Å². The van der Waals surface area contributed by atoms with E-state index in [9.17, 15) is 9.59 Å². The van der Waals surface area contributed by atoms with E-state index in [4.69, 9.17) is 16.3 Å². The van der Waals surface area contributed by atoms with Crippen molar-refractivity contribution < 1.29 is 14.3 Å². The van der Waals surface area contributed by atoms with E-state index in [-0.39, 0.29) is 24.2 Å². The van der Waals surface area contributed by atoms with Gasteiger partial charge in [0.25, 0.3) is 0 Å². The Balaban J connectivity index is 1.45. The maximum atomic E-state index is 12.4. The van der Waals surface area contributed by atoms with Crippen molar-refractivity contribution in [1.29, 1.82) is 0 Å². The molecule has 2 aliphatic heterocycles. The van der Waals surface area contributed by atoms with Crippen LogP contribution >= 0.6 is 11.6 Å². The van der Waals surface area contributed by atoms with E-state index in [2.05, 4.69) is 10.2 Å². The zero-order valence-corrected chi connectivity index (χ0v) is 15.9. The Hall–Kier alpha value is -1.63. The molecule has 142 valence electrons. The number of hydrogen-bond donors (Lipinski definition) is 1. The van der Waals surface area contributed by atoms with E-state index in [1.165, 1.54) is 0 Å². The number of anilines is 1. The second-order valence-electron chi connectivity index (χ2n) is 6.94. The molecular weight excluding hydrogens is 354 g/mol. The number of morpholine rings is 1. The van der Waals surface area contributed by atoms with Crippen LogP contribution in [0.15, 0.2) is 18.2 Å². The lowest BCUT2D eigenvalue weighted by molar-refractivity contribution is -0.126. The van der Waals surface area contributed by atoms with Crippen molar-refractivity contribution in [3.63, 3.8) is 0 Å². The van der Waals surface area contributed by atoms with Crippen LogP contribution in [-0.4, -0.2) is 62.7 Å². The Morgan fingerprint density at radius 1 is 1.35 bits per heavy atom. The summed E-state index contributed by atoms with van der Waals surface area (Å²) >= 11 is 6.16. The molecule has 0 spiro atoms. The van der Waals surface area contributed by atoms with Crippen molar-refractivity contribution in [2.24, 2.45) is 5.92 Å². The first-order chi connectivity index (χ1) is 12.5. The molecule has 6 nitrogen and oxygen atoms in total. The minimum Gasteiger partial charge on any atom is -0.379 e. The third-order valence-corrected chi connectivity index (χ3v) is 5.42. The molecule has 0 unspecified atom stereocenters. The standard InChI is InChI=1S/C19H26ClN3O3/c1-14-3-4-16(12-17(14)20)23-13-15(11-18(23)24)19(25)21-5-2-6-22-7-9-26-10-8-22/h3-4,12,15H,2,5-11,13H2,1H3,(H,21,25)/t15-/m1/s1. The fraction of sp³-hybridized carbons (Fsp3) is 0.579. The van der Waals surface area contributed by atoms with Crippen LogP contribution in [0.1, 0.15) is 18.4 Å².